The van der Waals surface area contributed by atoms with Crippen LogP contribution in [-0.4, -0.2) is 24.8 Å². The maximum Gasteiger partial charge on any atom is 0.171 e. The Bertz CT molecular complexity index is 752. The molecular weight excluding hydrogens is 366 g/mol. The third-order valence-electron chi connectivity index (χ3n) is 5.31. The van der Waals surface area contributed by atoms with Gasteiger partial charge in [0.15, 0.2) is 5.11 Å². The van der Waals surface area contributed by atoms with Crippen molar-refractivity contribution in [3.63, 3.8) is 0 Å². The first-order valence-corrected chi connectivity index (χ1v) is 10.6. The van der Waals surface area contributed by atoms with Gasteiger partial charge in [0.05, 0.1) is 12.6 Å². The van der Waals surface area contributed by atoms with Gasteiger partial charge in [0.2, 0.25) is 0 Å². The largest absolute Gasteiger partial charge is 0.494 e. The Labute approximate surface area is 174 Å². The second-order valence-corrected chi connectivity index (χ2v) is 7.95. The summed E-state index contributed by atoms with van der Waals surface area (Å²) >= 11 is 5.47. The fourth-order valence-corrected chi connectivity index (χ4v) is 3.78. The van der Waals surface area contributed by atoms with Gasteiger partial charge in [-0.2, -0.15) is 0 Å². The minimum Gasteiger partial charge on any atom is -0.494 e. The molecule has 4 nitrogen and oxygen atoms in total. The smallest absolute Gasteiger partial charge is 0.171 e. The molecule has 1 atom stereocenters. The van der Waals surface area contributed by atoms with Gasteiger partial charge in [-0.1, -0.05) is 19.1 Å². The van der Waals surface area contributed by atoms with Crippen molar-refractivity contribution in [2.24, 2.45) is 5.92 Å². The number of nitrogens with zero attached hydrogens (tertiary/aromatic N) is 1. The first-order chi connectivity index (χ1) is 13.5. The number of nitrogens with one attached hydrogen (secondary N) is 2. The fraction of sp³-hybridized carbons (Fsp3) is 0.435. The lowest BCUT2D eigenvalue weighted by molar-refractivity contribution is 0.340. The molecule has 1 fully saturated rings. The molecule has 3 rings (SSSR count). The monoisotopic (exact) mass is 397 g/mol. The summed E-state index contributed by atoms with van der Waals surface area (Å²) in [7, 11) is 0. The van der Waals surface area contributed by atoms with Crippen molar-refractivity contribution in [1.82, 2.24) is 5.32 Å². The van der Waals surface area contributed by atoms with Crippen LogP contribution in [0.3, 0.4) is 0 Å². The first-order valence-electron chi connectivity index (χ1n) is 10.2. The zero-order valence-electron chi connectivity index (χ0n) is 17.1. The highest BCUT2D eigenvalue weighted by molar-refractivity contribution is 7.80. The molecule has 0 radical (unpaired) electrons. The molecule has 0 spiro atoms. The van der Waals surface area contributed by atoms with E-state index < -0.39 is 0 Å². The molecular formula is C23H31N3OS. The highest BCUT2D eigenvalue weighted by atomic mass is 32.1. The molecule has 5 heteroatoms. The molecule has 2 N–H and O–H groups in total. The number of piperidine rings is 1. The summed E-state index contributed by atoms with van der Waals surface area (Å²) in [6, 6.07) is 16.8. The SMILES string of the molecule is CCOc1ccc(NC(=S)N[C@@H](C)c2ccc(N3CCC(C)CC3)cc2)cc1. The summed E-state index contributed by atoms with van der Waals surface area (Å²) < 4.78 is 5.47. The van der Waals surface area contributed by atoms with Gasteiger partial charge in [-0.25, -0.2) is 0 Å². The molecule has 2 aromatic rings. The molecule has 0 bridgehead atoms. The van der Waals surface area contributed by atoms with Crippen LogP contribution in [0, 0.1) is 5.92 Å². The third-order valence-corrected chi connectivity index (χ3v) is 5.53. The summed E-state index contributed by atoms with van der Waals surface area (Å²) in [6.07, 6.45) is 2.57. The molecule has 0 saturated carbocycles. The minimum atomic E-state index is 0.137. The topological polar surface area (TPSA) is 36.5 Å². The zero-order chi connectivity index (χ0) is 19.9. The van der Waals surface area contributed by atoms with Crippen molar-refractivity contribution in [1.29, 1.82) is 0 Å². The van der Waals surface area contributed by atoms with Crippen molar-refractivity contribution in [2.75, 3.05) is 29.9 Å². The zero-order valence-corrected chi connectivity index (χ0v) is 17.9. The molecule has 28 heavy (non-hydrogen) atoms. The van der Waals surface area contributed by atoms with Gasteiger partial charge in [0, 0.05) is 24.5 Å². The van der Waals surface area contributed by atoms with Crippen molar-refractivity contribution in [3.05, 3.63) is 54.1 Å². The van der Waals surface area contributed by atoms with Gasteiger partial charge in [0.25, 0.3) is 0 Å². The lowest BCUT2D eigenvalue weighted by Crippen LogP contribution is -2.33. The Morgan fingerprint density at radius 3 is 2.36 bits per heavy atom. The number of thiocarbonyl (C=S) groups is 1. The quantitative estimate of drug-likeness (QED) is 0.641. The van der Waals surface area contributed by atoms with Crippen molar-refractivity contribution in [2.45, 2.75) is 39.7 Å². The highest BCUT2D eigenvalue weighted by Crippen LogP contribution is 2.24. The molecule has 0 amide bonds. The number of anilines is 2. The van der Waals surface area contributed by atoms with E-state index in [-0.39, 0.29) is 6.04 Å². The lowest BCUT2D eigenvalue weighted by Gasteiger charge is -2.32. The van der Waals surface area contributed by atoms with E-state index in [1.165, 1.54) is 24.1 Å². The van der Waals surface area contributed by atoms with Crippen LogP contribution in [0.2, 0.25) is 0 Å². The Kier molecular flexibility index (Phi) is 7.15. The second-order valence-electron chi connectivity index (χ2n) is 7.54. The fourth-order valence-electron chi connectivity index (χ4n) is 3.49. The van der Waals surface area contributed by atoms with E-state index in [1.807, 2.05) is 31.2 Å². The van der Waals surface area contributed by atoms with Crippen LogP contribution in [-0.2, 0) is 0 Å². The molecule has 1 heterocycles. The average molecular weight is 398 g/mol. The van der Waals surface area contributed by atoms with Crippen LogP contribution in [0.5, 0.6) is 5.75 Å². The van der Waals surface area contributed by atoms with E-state index in [2.05, 4.69) is 53.6 Å². The minimum absolute atomic E-state index is 0.137. The molecule has 1 aliphatic heterocycles. The van der Waals surface area contributed by atoms with Crippen molar-refractivity contribution >= 4 is 28.7 Å². The summed E-state index contributed by atoms with van der Waals surface area (Å²) in [5.41, 5.74) is 3.49. The average Bonchev–Trinajstić information content (AvgIpc) is 2.70. The molecule has 0 aliphatic carbocycles. The third kappa shape index (κ3) is 5.61. The number of rotatable bonds is 6. The Hall–Kier alpha value is -2.27. The number of hydrogen-bond donors (Lipinski definition) is 2. The van der Waals surface area contributed by atoms with Gasteiger partial charge in [-0.05, 0) is 86.8 Å². The molecule has 0 unspecified atom stereocenters. The predicted molar refractivity (Wildman–Crippen MR) is 122 cm³/mol. The van der Waals surface area contributed by atoms with E-state index in [0.29, 0.717) is 11.7 Å². The predicted octanol–water partition coefficient (Wildman–Crippen LogP) is 5.37. The summed E-state index contributed by atoms with van der Waals surface area (Å²) in [4.78, 5) is 2.49. The normalized spacial score (nSPS) is 15.8. The Morgan fingerprint density at radius 2 is 1.75 bits per heavy atom. The van der Waals surface area contributed by atoms with E-state index in [0.717, 1.165) is 30.4 Å². The van der Waals surface area contributed by atoms with Crippen molar-refractivity contribution < 1.29 is 4.74 Å². The standard InChI is InChI=1S/C23H31N3OS/c1-4-27-22-11-7-20(8-12-22)25-23(28)24-18(3)19-5-9-21(10-6-19)26-15-13-17(2)14-16-26/h5-12,17-18H,4,13-16H2,1-3H3,(H2,24,25,28)/t18-/m0/s1. The van der Waals surface area contributed by atoms with E-state index in [1.54, 1.807) is 0 Å². The van der Waals surface area contributed by atoms with E-state index >= 15 is 0 Å². The number of benzene rings is 2. The maximum atomic E-state index is 5.47. The Morgan fingerprint density at radius 1 is 1.11 bits per heavy atom. The molecule has 150 valence electrons. The van der Waals surface area contributed by atoms with Gasteiger partial charge in [0.1, 0.15) is 5.75 Å². The number of hydrogen-bond acceptors (Lipinski definition) is 3. The molecule has 2 aromatic carbocycles. The summed E-state index contributed by atoms with van der Waals surface area (Å²) in [6.45, 7) is 9.43. The maximum absolute atomic E-state index is 5.47. The van der Waals surface area contributed by atoms with Crippen LogP contribution in [0.1, 0.15) is 45.2 Å². The van der Waals surface area contributed by atoms with Gasteiger partial charge >= 0.3 is 0 Å². The van der Waals surface area contributed by atoms with E-state index in [9.17, 15) is 0 Å². The van der Waals surface area contributed by atoms with Crippen LogP contribution in [0.15, 0.2) is 48.5 Å². The Balaban J connectivity index is 1.52. The van der Waals surface area contributed by atoms with Crippen LogP contribution >= 0.6 is 12.2 Å². The van der Waals surface area contributed by atoms with Gasteiger partial charge in [-0.3, -0.25) is 0 Å². The van der Waals surface area contributed by atoms with Crippen LogP contribution in [0.25, 0.3) is 0 Å². The molecule has 1 aliphatic rings. The van der Waals surface area contributed by atoms with E-state index in [4.69, 9.17) is 17.0 Å². The van der Waals surface area contributed by atoms with Crippen molar-refractivity contribution in [3.8, 4) is 5.75 Å². The number of ether oxygens (including phenoxy) is 1. The summed E-state index contributed by atoms with van der Waals surface area (Å²) in [5, 5.41) is 7.22. The van der Waals surface area contributed by atoms with Crippen LogP contribution in [0.4, 0.5) is 11.4 Å². The van der Waals surface area contributed by atoms with Gasteiger partial charge < -0.3 is 20.3 Å². The second kappa shape index (κ2) is 9.78. The highest BCUT2D eigenvalue weighted by Gasteiger charge is 2.16. The first kappa shape index (κ1) is 20.5. The van der Waals surface area contributed by atoms with Crippen LogP contribution < -0.4 is 20.3 Å². The van der Waals surface area contributed by atoms with Gasteiger partial charge in [-0.15, -0.1) is 0 Å². The molecule has 1 saturated heterocycles. The lowest BCUT2D eigenvalue weighted by atomic mass is 9.98. The molecule has 0 aromatic heterocycles. The summed E-state index contributed by atoms with van der Waals surface area (Å²) in [5.74, 6) is 1.71.